The predicted octanol–water partition coefficient (Wildman–Crippen LogP) is 4.77. The fourth-order valence-electron chi connectivity index (χ4n) is 2.59. The van der Waals surface area contributed by atoms with E-state index in [4.69, 9.17) is 9.47 Å². The van der Waals surface area contributed by atoms with Crippen molar-refractivity contribution in [2.75, 3.05) is 0 Å². The minimum atomic E-state index is -0.230. The number of carbonyl (C=O) groups excluding carboxylic acids is 1. The highest BCUT2D eigenvalue weighted by atomic mass is 16.5. The first-order chi connectivity index (χ1) is 11.2. The van der Waals surface area contributed by atoms with E-state index in [-0.39, 0.29) is 5.97 Å². The van der Waals surface area contributed by atoms with Crippen molar-refractivity contribution in [3.05, 3.63) is 59.2 Å². The van der Waals surface area contributed by atoms with Gasteiger partial charge in [0.15, 0.2) is 0 Å². The maximum atomic E-state index is 11.5. The number of para-hydroxylation sites is 1. The van der Waals surface area contributed by atoms with Crippen LogP contribution in [0.25, 0.3) is 0 Å². The molecule has 0 aliphatic heterocycles. The monoisotopic (exact) mass is 310 g/mol. The lowest BCUT2D eigenvalue weighted by molar-refractivity contribution is -0.134. The van der Waals surface area contributed by atoms with Gasteiger partial charge in [-0.05, 0) is 43.4 Å². The third-order valence-electron chi connectivity index (χ3n) is 4.05. The molecule has 1 fully saturated rings. The van der Waals surface area contributed by atoms with Crippen molar-refractivity contribution in [2.24, 2.45) is 0 Å². The average Bonchev–Trinajstić information content (AvgIpc) is 3.39. The molecule has 1 aliphatic carbocycles. The summed E-state index contributed by atoms with van der Waals surface area (Å²) in [6.07, 6.45) is 2.84. The largest absolute Gasteiger partial charge is 0.488 e. The maximum absolute atomic E-state index is 11.5. The van der Waals surface area contributed by atoms with Gasteiger partial charge in [-0.15, -0.1) is 0 Å². The number of esters is 1. The molecular formula is C20H22O3. The highest BCUT2D eigenvalue weighted by molar-refractivity contribution is 5.72. The minimum Gasteiger partial charge on any atom is -0.488 e. The summed E-state index contributed by atoms with van der Waals surface area (Å²) in [6, 6.07) is 13.9. The maximum Gasteiger partial charge on any atom is 0.310 e. The van der Waals surface area contributed by atoms with E-state index in [2.05, 4.69) is 19.1 Å². The summed E-state index contributed by atoms with van der Waals surface area (Å²) in [7, 11) is 0. The van der Waals surface area contributed by atoms with Crippen LogP contribution < -0.4 is 9.47 Å². The van der Waals surface area contributed by atoms with Gasteiger partial charge in [0.2, 0.25) is 0 Å². The van der Waals surface area contributed by atoms with Gasteiger partial charge < -0.3 is 9.47 Å². The molecule has 0 N–H and O–H groups in total. The third-order valence-corrected chi connectivity index (χ3v) is 4.05. The summed E-state index contributed by atoms with van der Waals surface area (Å²) >= 11 is 0. The topological polar surface area (TPSA) is 35.5 Å². The molecule has 1 aliphatic rings. The molecule has 0 aromatic heterocycles. The van der Waals surface area contributed by atoms with Crippen molar-refractivity contribution in [2.45, 2.75) is 45.6 Å². The van der Waals surface area contributed by atoms with E-state index in [1.165, 1.54) is 24.0 Å². The van der Waals surface area contributed by atoms with Crippen molar-refractivity contribution < 1.29 is 14.3 Å². The SMILES string of the molecule is CCC(=O)Oc1ccccc1COc1ccc(C)cc1C1CC1. The van der Waals surface area contributed by atoms with Crippen molar-refractivity contribution in [3.63, 3.8) is 0 Å². The highest BCUT2D eigenvalue weighted by Gasteiger charge is 2.27. The van der Waals surface area contributed by atoms with Crippen molar-refractivity contribution in [1.82, 2.24) is 0 Å². The summed E-state index contributed by atoms with van der Waals surface area (Å²) in [4.78, 5) is 11.5. The molecular weight excluding hydrogens is 288 g/mol. The fourth-order valence-corrected chi connectivity index (χ4v) is 2.59. The summed E-state index contributed by atoms with van der Waals surface area (Å²) in [5.41, 5.74) is 3.45. The van der Waals surface area contributed by atoms with E-state index in [9.17, 15) is 4.79 Å². The molecule has 3 heteroatoms. The minimum absolute atomic E-state index is 0.230. The van der Waals surface area contributed by atoms with Crippen molar-refractivity contribution in [1.29, 1.82) is 0 Å². The van der Waals surface area contributed by atoms with Crippen LogP contribution in [0.5, 0.6) is 11.5 Å². The zero-order chi connectivity index (χ0) is 16.2. The Hall–Kier alpha value is -2.29. The van der Waals surface area contributed by atoms with Crippen LogP contribution >= 0.6 is 0 Å². The van der Waals surface area contributed by atoms with Crippen LogP contribution in [-0.2, 0) is 11.4 Å². The molecule has 0 atom stereocenters. The molecule has 0 heterocycles. The van der Waals surface area contributed by atoms with Gasteiger partial charge in [0.05, 0.1) is 0 Å². The number of aryl methyl sites for hydroxylation is 1. The van der Waals surface area contributed by atoms with Gasteiger partial charge in [-0.25, -0.2) is 0 Å². The van der Waals surface area contributed by atoms with Gasteiger partial charge in [-0.2, -0.15) is 0 Å². The van der Waals surface area contributed by atoms with Gasteiger partial charge in [0.25, 0.3) is 0 Å². The number of hydrogen-bond donors (Lipinski definition) is 0. The Morgan fingerprint density at radius 1 is 1.13 bits per heavy atom. The third kappa shape index (κ3) is 3.92. The molecule has 2 aromatic rings. The predicted molar refractivity (Wildman–Crippen MR) is 89.9 cm³/mol. The Morgan fingerprint density at radius 2 is 1.91 bits per heavy atom. The zero-order valence-electron chi connectivity index (χ0n) is 13.7. The standard InChI is InChI=1S/C20H22O3/c1-3-20(21)23-18-7-5-4-6-16(18)13-22-19-11-8-14(2)12-17(19)15-9-10-15/h4-8,11-12,15H,3,9-10,13H2,1-2H3. The van der Waals surface area contributed by atoms with E-state index < -0.39 is 0 Å². The van der Waals surface area contributed by atoms with Crippen LogP contribution in [0.2, 0.25) is 0 Å². The van der Waals surface area contributed by atoms with Gasteiger partial charge in [0.1, 0.15) is 18.1 Å². The Kier molecular flexibility index (Phi) is 4.65. The molecule has 23 heavy (non-hydrogen) atoms. The van der Waals surface area contributed by atoms with Crippen LogP contribution in [-0.4, -0.2) is 5.97 Å². The molecule has 0 radical (unpaired) electrons. The average molecular weight is 310 g/mol. The smallest absolute Gasteiger partial charge is 0.310 e. The van der Waals surface area contributed by atoms with Crippen molar-refractivity contribution in [3.8, 4) is 11.5 Å². The van der Waals surface area contributed by atoms with E-state index in [0.717, 1.165) is 11.3 Å². The lowest BCUT2D eigenvalue weighted by atomic mass is 10.1. The Labute approximate surface area is 137 Å². The number of ether oxygens (including phenoxy) is 2. The fraction of sp³-hybridized carbons (Fsp3) is 0.350. The van der Waals surface area contributed by atoms with E-state index in [1.807, 2.05) is 30.3 Å². The Morgan fingerprint density at radius 3 is 2.65 bits per heavy atom. The first-order valence-electron chi connectivity index (χ1n) is 8.19. The first kappa shape index (κ1) is 15.6. The lowest BCUT2D eigenvalue weighted by Gasteiger charge is -2.14. The molecule has 0 bridgehead atoms. The second kappa shape index (κ2) is 6.86. The summed E-state index contributed by atoms with van der Waals surface area (Å²) in [5, 5.41) is 0. The Bertz CT molecular complexity index is 702. The second-order valence-electron chi connectivity index (χ2n) is 6.04. The summed E-state index contributed by atoms with van der Waals surface area (Å²) in [5.74, 6) is 1.93. The second-order valence-corrected chi connectivity index (χ2v) is 6.04. The molecule has 2 aromatic carbocycles. The number of hydrogen-bond acceptors (Lipinski definition) is 3. The zero-order valence-corrected chi connectivity index (χ0v) is 13.7. The molecule has 0 unspecified atom stereocenters. The normalized spacial score (nSPS) is 13.7. The molecule has 1 saturated carbocycles. The van der Waals surface area contributed by atoms with Gasteiger partial charge in [-0.3, -0.25) is 4.79 Å². The lowest BCUT2D eigenvalue weighted by Crippen LogP contribution is -2.08. The van der Waals surface area contributed by atoms with Crippen LogP contribution in [0, 0.1) is 6.92 Å². The van der Waals surface area contributed by atoms with Crippen LogP contribution in [0.1, 0.15) is 48.8 Å². The molecule has 0 spiro atoms. The van der Waals surface area contributed by atoms with E-state index in [1.54, 1.807) is 6.92 Å². The molecule has 0 saturated heterocycles. The summed E-state index contributed by atoms with van der Waals surface area (Å²) < 4.78 is 11.4. The molecule has 0 amide bonds. The van der Waals surface area contributed by atoms with Crippen LogP contribution in [0.15, 0.2) is 42.5 Å². The first-order valence-corrected chi connectivity index (χ1v) is 8.19. The number of rotatable bonds is 6. The van der Waals surface area contributed by atoms with E-state index >= 15 is 0 Å². The molecule has 3 rings (SSSR count). The van der Waals surface area contributed by atoms with Gasteiger partial charge in [0, 0.05) is 12.0 Å². The highest BCUT2D eigenvalue weighted by Crippen LogP contribution is 2.44. The van der Waals surface area contributed by atoms with Crippen LogP contribution in [0.4, 0.5) is 0 Å². The van der Waals surface area contributed by atoms with E-state index in [0.29, 0.717) is 24.7 Å². The Balaban J connectivity index is 1.75. The molecule has 120 valence electrons. The quantitative estimate of drug-likeness (QED) is 0.569. The van der Waals surface area contributed by atoms with Crippen LogP contribution in [0.3, 0.4) is 0 Å². The summed E-state index contributed by atoms with van der Waals surface area (Å²) in [6.45, 7) is 4.29. The number of carbonyl (C=O) groups is 1. The molecule has 3 nitrogen and oxygen atoms in total. The number of benzene rings is 2. The van der Waals surface area contributed by atoms with Gasteiger partial charge >= 0.3 is 5.97 Å². The van der Waals surface area contributed by atoms with Crippen molar-refractivity contribution >= 4 is 5.97 Å². The van der Waals surface area contributed by atoms with Gasteiger partial charge in [-0.1, -0.05) is 42.8 Å².